The predicted octanol–water partition coefficient (Wildman–Crippen LogP) is 2.77. The van der Waals surface area contributed by atoms with Gasteiger partial charge in [-0.3, -0.25) is 4.79 Å². The zero-order valence-corrected chi connectivity index (χ0v) is 15.2. The number of rotatable bonds is 5. The van der Waals surface area contributed by atoms with Crippen molar-refractivity contribution in [1.29, 1.82) is 0 Å². The Morgan fingerprint density at radius 1 is 1.22 bits per heavy atom. The normalized spacial score (nSPS) is 16.1. The lowest BCUT2D eigenvalue weighted by Crippen LogP contribution is -2.48. The van der Waals surface area contributed by atoms with Gasteiger partial charge < -0.3 is 14.4 Å². The number of carboxylic acid groups (broad SMARTS) is 1. The summed E-state index contributed by atoms with van der Waals surface area (Å²) in [5.41, 5.74) is 2.82. The molecule has 1 N–H and O–H groups in total. The molecule has 1 aliphatic rings. The third-order valence-electron chi connectivity index (χ3n) is 4.64. The Bertz CT molecular complexity index is 967. The van der Waals surface area contributed by atoms with E-state index in [1.54, 1.807) is 0 Å². The van der Waals surface area contributed by atoms with Crippen LogP contribution in [0.3, 0.4) is 0 Å². The van der Waals surface area contributed by atoms with Gasteiger partial charge in [0, 0.05) is 36.8 Å². The van der Waals surface area contributed by atoms with Gasteiger partial charge in [-0.2, -0.15) is 11.3 Å². The van der Waals surface area contributed by atoms with E-state index in [1.807, 2.05) is 41.1 Å². The van der Waals surface area contributed by atoms with Gasteiger partial charge in [0.1, 0.15) is 6.04 Å². The number of hydrogen-bond acceptors (Lipinski definition) is 6. The molecule has 0 saturated carbocycles. The maximum Gasteiger partial charge on any atom is 0.326 e. The molecule has 138 valence electrons. The monoisotopic (exact) mass is 383 g/mol. The molecule has 0 fully saturated rings. The van der Waals surface area contributed by atoms with Gasteiger partial charge in [0.25, 0.3) is 0 Å². The van der Waals surface area contributed by atoms with Gasteiger partial charge in [-0.15, -0.1) is 10.2 Å². The highest BCUT2D eigenvalue weighted by molar-refractivity contribution is 7.08. The molecule has 4 rings (SSSR count). The van der Waals surface area contributed by atoms with E-state index in [2.05, 4.69) is 10.2 Å². The number of thiophene rings is 1. The summed E-state index contributed by atoms with van der Waals surface area (Å²) in [6.45, 7) is 0.302. The molecule has 0 spiro atoms. The highest BCUT2D eigenvalue weighted by Gasteiger charge is 2.34. The first-order chi connectivity index (χ1) is 13.1. The van der Waals surface area contributed by atoms with Crippen molar-refractivity contribution in [3.05, 3.63) is 58.1 Å². The topological polar surface area (TPSA) is 96.5 Å². The van der Waals surface area contributed by atoms with Crippen molar-refractivity contribution < 1.29 is 19.1 Å². The molecule has 0 aliphatic carbocycles. The molecule has 7 nitrogen and oxygen atoms in total. The predicted molar refractivity (Wildman–Crippen MR) is 98.1 cm³/mol. The van der Waals surface area contributed by atoms with Crippen LogP contribution in [0, 0.1) is 0 Å². The second kappa shape index (κ2) is 7.32. The van der Waals surface area contributed by atoms with E-state index in [4.69, 9.17) is 4.42 Å². The van der Waals surface area contributed by atoms with Gasteiger partial charge in [-0.05, 0) is 22.6 Å². The molecule has 3 heterocycles. The van der Waals surface area contributed by atoms with Crippen LogP contribution in [0.15, 0.2) is 45.5 Å². The quantitative estimate of drug-likeness (QED) is 0.728. The van der Waals surface area contributed by atoms with Gasteiger partial charge in [-0.1, -0.05) is 24.3 Å². The third kappa shape index (κ3) is 3.61. The smallest absolute Gasteiger partial charge is 0.326 e. The van der Waals surface area contributed by atoms with Gasteiger partial charge in [0.05, 0.1) is 0 Å². The fourth-order valence-electron chi connectivity index (χ4n) is 3.22. The number of amides is 1. The van der Waals surface area contributed by atoms with Crippen molar-refractivity contribution in [2.45, 2.75) is 31.8 Å². The van der Waals surface area contributed by atoms with E-state index in [0.29, 0.717) is 24.7 Å². The molecule has 0 saturated heterocycles. The first kappa shape index (κ1) is 17.4. The fourth-order valence-corrected chi connectivity index (χ4v) is 3.85. The minimum atomic E-state index is -0.990. The van der Waals surface area contributed by atoms with Gasteiger partial charge in [0.2, 0.25) is 17.7 Å². The maximum atomic E-state index is 12.7. The number of aryl methyl sites for hydroxylation is 1. The Labute approximate surface area is 159 Å². The van der Waals surface area contributed by atoms with Crippen LogP contribution in [0.5, 0.6) is 0 Å². The number of carboxylic acids is 1. The lowest BCUT2D eigenvalue weighted by Gasteiger charge is -2.34. The van der Waals surface area contributed by atoms with Crippen molar-refractivity contribution in [3.63, 3.8) is 0 Å². The summed E-state index contributed by atoms with van der Waals surface area (Å²) in [6, 6.07) is 8.66. The summed E-state index contributed by atoms with van der Waals surface area (Å²) in [5.74, 6) is -0.426. The molecule has 1 aliphatic heterocycles. The van der Waals surface area contributed by atoms with E-state index >= 15 is 0 Å². The fraction of sp³-hybridized carbons (Fsp3) is 0.263. The van der Waals surface area contributed by atoms with Crippen molar-refractivity contribution in [3.8, 4) is 11.5 Å². The van der Waals surface area contributed by atoms with Crippen LogP contribution in [0.4, 0.5) is 0 Å². The van der Waals surface area contributed by atoms with Crippen LogP contribution in [0.25, 0.3) is 11.5 Å². The molecule has 1 amide bonds. The minimum Gasteiger partial charge on any atom is -0.480 e. The van der Waals surface area contributed by atoms with E-state index in [1.165, 1.54) is 16.2 Å². The molecule has 0 radical (unpaired) electrons. The number of hydrogen-bond donors (Lipinski definition) is 1. The largest absolute Gasteiger partial charge is 0.480 e. The molecule has 3 aromatic rings. The zero-order valence-electron chi connectivity index (χ0n) is 14.4. The standard InChI is InChI=1S/C19H17N3O4S/c23-17(6-5-16-20-21-18(26-16)14-7-8-27-11-14)22-10-13-4-2-1-3-12(13)9-15(22)19(24)25/h1-4,7-8,11,15H,5-6,9-10H2,(H,24,25)/t15-/m1/s1. The van der Waals surface area contributed by atoms with Gasteiger partial charge in [0.15, 0.2) is 0 Å². The SMILES string of the molecule is O=C(O)[C@H]1Cc2ccccc2CN1C(=O)CCc1nnc(-c2ccsc2)o1. The highest BCUT2D eigenvalue weighted by atomic mass is 32.1. The van der Waals surface area contributed by atoms with Crippen LogP contribution in [-0.2, 0) is 29.0 Å². The summed E-state index contributed by atoms with van der Waals surface area (Å²) < 4.78 is 5.59. The number of aliphatic carboxylic acids is 1. The zero-order chi connectivity index (χ0) is 18.8. The summed E-state index contributed by atoms with van der Waals surface area (Å²) >= 11 is 1.53. The maximum absolute atomic E-state index is 12.7. The average Bonchev–Trinajstić information content (AvgIpc) is 3.36. The Balaban J connectivity index is 1.45. The molecular formula is C19H17N3O4S. The van der Waals surface area contributed by atoms with Crippen molar-refractivity contribution in [2.75, 3.05) is 0 Å². The Hall–Kier alpha value is -3.00. The number of fused-ring (bicyclic) bond motifs is 1. The second-order valence-electron chi connectivity index (χ2n) is 6.36. The number of carbonyl (C=O) groups excluding carboxylic acids is 1. The van der Waals surface area contributed by atoms with Crippen molar-refractivity contribution in [2.24, 2.45) is 0 Å². The third-order valence-corrected chi connectivity index (χ3v) is 5.32. The lowest BCUT2D eigenvalue weighted by atomic mass is 9.93. The van der Waals surface area contributed by atoms with E-state index in [-0.39, 0.29) is 18.7 Å². The van der Waals surface area contributed by atoms with E-state index < -0.39 is 12.0 Å². The van der Waals surface area contributed by atoms with Crippen LogP contribution in [-0.4, -0.2) is 38.1 Å². The van der Waals surface area contributed by atoms with E-state index in [9.17, 15) is 14.7 Å². The molecule has 1 atom stereocenters. The summed E-state index contributed by atoms with van der Waals surface area (Å²) in [6.07, 6.45) is 0.720. The molecule has 2 aromatic heterocycles. The highest BCUT2D eigenvalue weighted by Crippen LogP contribution is 2.25. The molecule has 0 unspecified atom stereocenters. The molecule has 0 bridgehead atoms. The van der Waals surface area contributed by atoms with Crippen LogP contribution < -0.4 is 0 Å². The van der Waals surface area contributed by atoms with Crippen LogP contribution in [0.2, 0.25) is 0 Å². The van der Waals surface area contributed by atoms with E-state index in [0.717, 1.165) is 16.7 Å². The Morgan fingerprint density at radius 3 is 2.78 bits per heavy atom. The van der Waals surface area contributed by atoms with Crippen LogP contribution in [0.1, 0.15) is 23.4 Å². The molecule has 27 heavy (non-hydrogen) atoms. The summed E-state index contributed by atoms with van der Waals surface area (Å²) in [5, 5.41) is 21.3. The number of benzene rings is 1. The van der Waals surface area contributed by atoms with Crippen molar-refractivity contribution >= 4 is 23.2 Å². The first-order valence-corrected chi connectivity index (χ1v) is 9.50. The summed E-state index contributed by atoms with van der Waals surface area (Å²) in [4.78, 5) is 25.8. The lowest BCUT2D eigenvalue weighted by molar-refractivity contribution is -0.151. The molecule has 8 heteroatoms. The Morgan fingerprint density at radius 2 is 2.04 bits per heavy atom. The van der Waals surface area contributed by atoms with Gasteiger partial charge in [-0.25, -0.2) is 4.79 Å². The number of nitrogens with zero attached hydrogens (tertiary/aromatic N) is 3. The van der Waals surface area contributed by atoms with Gasteiger partial charge >= 0.3 is 5.97 Å². The molecule has 1 aromatic carbocycles. The first-order valence-electron chi connectivity index (χ1n) is 8.56. The number of aromatic nitrogens is 2. The average molecular weight is 383 g/mol. The molecular weight excluding hydrogens is 366 g/mol. The summed E-state index contributed by atoms with van der Waals surface area (Å²) in [7, 11) is 0. The van der Waals surface area contributed by atoms with Crippen LogP contribution >= 0.6 is 11.3 Å². The number of carbonyl (C=O) groups is 2. The second-order valence-corrected chi connectivity index (χ2v) is 7.14. The Kier molecular flexibility index (Phi) is 4.72. The minimum absolute atomic E-state index is 0.122. The van der Waals surface area contributed by atoms with Crippen molar-refractivity contribution in [1.82, 2.24) is 15.1 Å².